The zero-order valence-electron chi connectivity index (χ0n) is 8.37. The Bertz CT molecular complexity index is 504. The van der Waals surface area contributed by atoms with Gasteiger partial charge in [-0.25, -0.2) is 22.2 Å². The number of aryl methyl sites for hydroxylation is 1. The van der Waals surface area contributed by atoms with E-state index in [9.17, 15) is 17.2 Å². The molecule has 0 fully saturated rings. The lowest BCUT2D eigenvalue weighted by molar-refractivity contribution is 0.140. The van der Waals surface area contributed by atoms with Crippen LogP contribution in [0.15, 0.2) is 11.0 Å². The van der Waals surface area contributed by atoms with Crippen molar-refractivity contribution in [1.82, 2.24) is 4.98 Å². The monoisotopic (exact) mass is 271 g/mol. The van der Waals surface area contributed by atoms with Crippen LogP contribution >= 0.6 is 10.7 Å². The molecule has 0 aliphatic carbocycles. The predicted molar refractivity (Wildman–Crippen MR) is 53.5 cm³/mol. The van der Waals surface area contributed by atoms with E-state index in [1.54, 1.807) is 0 Å². The van der Waals surface area contributed by atoms with E-state index in [2.05, 4.69) is 9.72 Å². The highest BCUT2D eigenvalue weighted by molar-refractivity contribution is 8.13. The van der Waals surface area contributed by atoms with Crippen LogP contribution < -0.4 is 4.74 Å². The normalized spacial score (nSPS) is 11.9. The molecular weight excluding hydrogens is 264 g/mol. The number of hydrogen-bond acceptors (Lipinski definition) is 4. The Morgan fingerprint density at radius 1 is 1.50 bits per heavy atom. The Kier molecular flexibility index (Phi) is 3.69. The smallest absolute Gasteiger partial charge is 0.284 e. The van der Waals surface area contributed by atoms with Crippen LogP contribution in [0.3, 0.4) is 0 Å². The van der Waals surface area contributed by atoms with Gasteiger partial charge < -0.3 is 4.74 Å². The van der Waals surface area contributed by atoms with Crippen LogP contribution in [0.2, 0.25) is 0 Å². The van der Waals surface area contributed by atoms with Crippen molar-refractivity contribution in [2.75, 3.05) is 7.11 Å². The van der Waals surface area contributed by atoms with E-state index in [1.807, 2.05) is 0 Å². The van der Waals surface area contributed by atoms with Crippen LogP contribution in [-0.2, 0) is 9.05 Å². The molecular formula is C8H8ClF2NO3S. The molecule has 8 heteroatoms. The van der Waals surface area contributed by atoms with E-state index in [0.29, 0.717) is 0 Å². The Labute approximate surface area is 95.6 Å². The fourth-order valence-corrected chi connectivity index (χ4v) is 2.25. The Morgan fingerprint density at radius 2 is 2.06 bits per heavy atom. The average molecular weight is 272 g/mol. The van der Waals surface area contributed by atoms with Crippen LogP contribution in [-0.4, -0.2) is 20.5 Å². The highest BCUT2D eigenvalue weighted by Gasteiger charge is 2.25. The first-order chi connectivity index (χ1) is 7.27. The van der Waals surface area contributed by atoms with Crippen molar-refractivity contribution in [3.05, 3.63) is 17.5 Å². The summed E-state index contributed by atoms with van der Waals surface area (Å²) in [5.41, 5.74) is -0.614. The third-order valence-electron chi connectivity index (χ3n) is 1.77. The standard InChI is InChI=1S/C8H8ClF2NO3S/c1-4-3-5(16(9,13)14)7(15-2)6(12-4)8(10)11/h3,8H,1-2H3. The van der Waals surface area contributed by atoms with Crippen LogP contribution in [0.25, 0.3) is 0 Å². The Hall–Kier alpha value is -0.950. The van der Waals surface area contributed by atoms with E-state index in [0.717, 1.165) is 13.2 Å². The van der Waals surface area contributed by atoms with Gasteiger partial charge in [0.1, 0.15) is 10.6 Å². The summed E-state index contributed by atoms with van der Waals surface area (Å²) >= 11 is 0. The molecule has 1 aromatic heterocycles. The zero-order valence-corrected chi connectivity index (χ0v) is 9.94. The van der Waals surface area contributed by atoms with Crippen LogP contribution in [0.5, 0.6) is 5.75 Å². The van der Waals surface area contributed by atoms with E-state index >= 15 is 0 Å². The number of rotatable bonds is 3. The van der Waals surface area contributed by atoms with Gasteiger partial charge in [0.05, 0.1) is 7.11 Å². The van der Waals surface area contributed by atoms with Gasteiger partial charge in [-0.2, -0.15) is 0 Å². The highest BCUT2D eigenvalue weighted by Crippen LogP contribution is 2.35. The minimum absolute atomic E-state index is 0.121. The number of halogens is 3. The Morgan fingerprint density at radius 3 is 2.44 bits per heavy atom. The minimum atomic E-state index is -4.15. The fourth-order valence-electron chi connectivity index (χ4n) is 1.19. The molecule has 0 amide bonds. The first-order valence-electron chi connectivity index (χ1n) is 4.05. The van der Waals surface area contributed by atoms with Crippen molar-refractivity contribution in [2.24, 2.45) is 0 Å². The maximum atomic E-state index is 12.6. The third kappa shape index (κ3) is 2.59. The summed E-state index contributed by atoms with van der Waals surface area (Å²) in [4.78, 5) is 3.02. The number of alkyl halides is 2. The summed E-state index contributed by atoms with van der Waals surface area (Å²) in [6, 6.07) is 1.08. The van der Waals surface area contributed by atoms with Gasteiger partial charge in [-0.15, -0.1) is 0 Å². The number of methoxy groups -OCH3 is 1. The summed E-state index contributed by atoms with van der Waals surface area (Å²) < 4.78 is 52.1. The molecule has 0 bridgehead atoms. The van der Waals surface area contributed by atoms with Crippen molar-refractivity contribution >= 4 is 19.7 Å². The largest absolute Gasteiger partial charge is 0.493 e. The van der Waals surface area contributed by atoms with Crippen molar-refractivity contribution in [1.29, 1.82) is 0 Å². The lowest BCUT2D eigenvalue weighted by Crippen LogP contribution is -2.04. The van der Waals surface area contributed by atoms with E-state index in [1.165, 1.54) is 6.92 Å². The van der Waals surface area contributed by atoms with E-state index < -0.39 is 31.8 Å². The number of pyridine rings is 1. The van der Waals surface area contributed by atoms with Gasteiger partial charge in [-0.05, 0) is 13.0 Å². The Balaban J connectivity index is 3.62. The van der Waals surface area contributed by atoms with E-state index in [-0.39, 0.29) is 5.69 Å². The van der Waals surface area contributed by atoms with Gasteiger partial charge in [-0.3, -0.25) is 0 Å². The van der Waals surface area contributed by atoms with Crippen LogP contribution in [0.4, 0.5) is 8.78 Å². The molecule has 0 aromatic carbocycles. The predicted octanol–water partition coefficient (Wildman–Crippen LogP) is 2.26. The molecule has 90 valence electrons. The quantitative estimate of drug-likeness (QED) is 0.792. The third-order valence-corrected chi connectivity index (χ3v) is 3.09. The molecule has 0 atom stereocenters. The van der Waals surface area contributed by atoms with Gasteiger partial charge >= 0.3 is 0 Å². The SMILES string of the molecule is COc1c(S(=O)(=O)Cl)cc(C)nc1C(F)F. The zero-order chi connectivity index (χ0) is 12.5. The molecule has 1 aromatic rings. The second-order valence-electron chi connectivity index (χ2n) is 2.92. The first-order valence-corrected chi connectivity index (χ1v) is 6.36. The van der Waals surface area contributed by atoms with Gasteiger partial charge in [0.2, 0.25) is 0 Å². The molecule has 1 rings (SSSR count). The number of hydrogen-bond donors (Lipinski definition) is 0. The van der Waals surface area contributed by atoms with Gasteiger partial charge in [0.25, 0.3) is 15.5 Å². The summed E-state index contributed by atoms with van der Waals surface area (Å²) in [7, 11) is 2.03. The first kappa shape index (κ1) is 13.1. The molecule has 0 saturated carbocycles. The number of nitrogens with zero attached hydrogens (tertiary/aromatic N) is 1. The topological polar surface area (TPSA) is 56.3 Å². The van der Waals surface area contributed by atoms with E-state index in [4.69, 9.17) is 10.7 Å². The van der Waals surface area contributed by atoms with Crippen molar-refractivity contribution < 1.29 is 21.9 Å². The molecule has 16 heavy (non-hydrogen) atoms. The molecule has 1 heterocycles. The molecule has 0 radical (unpaired) electrons. The van der Waals surface area contributed by atoms with Crippen LogP contribution in [0.1, 0.15) is 17.8 Å². The number of aromatic nitrogens is 1. The summed E-state index contributed by atoms with van der Waals surface area (Å²) in [6.45, 7) is 1.39. The summed E-state index contributed by atoms with van der Waals surface area (Å²) in [5.74, 6) is -0.518. The van der Waals surface area contributed by atoms with Crippen molar-refractivity contribution in [3.8, 4) is 5.75 Å². The maximum Gasteiger partial charge on any atom is 0.284 e. The second-order valence-corrected chi connectivity index (χ2v) is 5.45. The molecule has 4 nitrogen and oxygen atoms in total. The number of ether oxygens (including phenoxy) is 1. The van der Waals surface area contributed by atoms with Crippen molar-refractivity contribution in [3.63, 3.8) is 0 Å². The van der Waals surface area contributed by atoms with Crippen molar-refractivity contribution in [2.45, 2.75) is 18.2 Å². The molecule has 0 spiro atoms. The van der Waals surface area contributed by atoms with Gasteiger partial charge in [0.15, 0.2) is 5.75 Å². The highest BCUT2D eigenvalue weighted by atomic mass is 35.7. The maximum absolute atomic E-state index is 12.6. The summed E-state index contributed by atoms with van der Waals surface area (Å²) in [5, 5.41) is 0. The molecule has 0 saturated heterocycles. The van der Waals surface area contributed by atoms with Gasteiger partial charge in [0, 0.05) is 16.4 Å². The molecule has 0 N–H and O–H groups in total. The van der Waals surface area contributed by atoms with Crippen LogP contribution in [0, 0.1) is 6.92 Å². The molecule has 0 aliphatic rings. The second kappa shape index (κ2) is 4.50. The van der Waals surface area contributed by atoms with Gasteiger partial charge in [-0.1, -0.05) is 0 Å². The minimum Gasteiger partial charge on any atom is -0.493 e. The summed E-state index contributed by atoms with van der Waals surface area (Å²) in [6.07, 6.45) is -2.94. The average Bonchev–Trinajstić information content (AvgIpc) is 2.14. The molecule has 0 unspecified atom stereocenters. The molecule has 0 aliphatic heterocycles. The fraction of sp³-hybridized carbons (Fsp3) is 0.375. The lowest BCUT2D eigenvalue weighted by atomic mass is 10.3. The lowest BCUT2D eigenvalue weighted by Gasteiger charge is -2.11.